The monoisotopic (exact) mass is 309 g/mol. The lowest BCUT2D eigenvalue weighted by atomic mass is 9.70. The van der Waals surface area contributed by atoms with E-state index in [0.717, 1.165) is 29.8 Å². The van der Waals surface area contributed by atoms with Gasteiger partial charge in [0.05, 0.1) is 6.61 Å². The fourth-order valence-electron chi connectivity index (χ4n) is 2.90. The van der Waals surface area contributed by atoms with E-state index in [1.54, 1.807) is 0 Å². The van der Waals surface area contributed by atoms with Crippen LogP contribution in [0.3, 0.4) is 0 Å². The summed E-state index contributed by atoms with van der Waals surface area (Å²) in [4.78, 5) is 0. The third kappa shape index (κ3) is 2.43. The predicted molar refractivity (Wildman–Crippen MR) is 77.0 cm³/mol. The van der Waals surface area contributed by atoms with Crippen LogP contribution in [0.5, 0.6) is 5.75 Å². The summed E-state index contributed by atoms with van der Waals surface area (Å²) in [5.41, 5.74) is 1.84. The van der Waals surface area contributed by atoms with Crippen molar-refractivity contribution in [2.75, 3.05) is 13.2 Å². The zero-order valence-electron chi connectivity index (χ0n) is 10.8. The molecule has 1 aliphatic heterocycles. The summed E-state index contributed by atoms with van der Waals surface area (Å²) in [5.74, 6) is 1.04. The minimum absolute atomic E-state index is 0.448. The van der Waals surface area contributed by atoms with E-state index in [1.165, 1.54) is 24.8 Å². The molecule has 3 heteroatoms. The van der Waals surface area contributed by atoms with Gasteiger partial charge in [-0.05, 0) is 36.5 Å². The van der Waals surface area contributed by atoms with Crippen molar-refractivity contribution >= 4 is 15.9 Å². The first-order valence-electron chi connectivity index (χ1n) is 6.82. The minimum atomic E-state index is 0.448. The van der Waals surface area contributed by atoms with Gasteiger partial charge in [0.1, 0.15) is 5.75 Å². The van der Waals surface area contributed by atoms with Crippen LogP contribution in [0.25, 0.3) is 0 Å². The molecule has 0 saturated heterocycles. The van der Waals surface area contributed by atoms with E-state index < -0.39 is 0 Å². The lowest BCUT2D eigenvalue weighted by Gasteiger charge is -2.40. The van der Waals surface area contributed by atoms with Crippen LogP contribution in [0.4, 0.5) is 0 Å². The number of halogens is 1. The van der Waals surface area contributed by atoms with E-state index in [-0.39, 0.29) is 0 Å². The SMILES string of the molecule is CC1(CNC2CCOc3ccc(Br)cc32)CCC1. The molecule has 3 rings (SSSR count). The molecule has 1 fully saturated rings. The molecule has 0 spiro atoms. The molecule has 1 atom stereocenters. The van der Waals surface area contributed by atoms with E-state index in [0.29, 0.717) is 11.5 Å². The summed E-state index contributed by atoms with van der Waals surface area (Å²) in [7, 11) is 0. The van der Waals surface area contributed by atoms with E-state index >= 15 is 0 Å². The first kappa shape index (κ1) is 12.5. The van der Waals surface area contributed by atoms with Gasteiger partial charge in [-0.15, -0.1) is 0 Å². The molecule has 98 valence electrons. The predicted octanol–water partition coefficient (Wildman–Crippen LogP) is 4.05. The van der Waals surface area contributed by atoms with Crippen molar-refractivity contribution in [1.29, 1.82) is 0 Å². The molecule has 2 aliphatic rings. The maximum Gasteiger partial charge on any atom is 0.124 e. The van der Waals surface area contributed by atoms with Crippen LogP contribution in [0.1, 0.15) is 44.2 Å². The van der Waals surface area contributed by atoms with Crippen LogP contribution in [0.2, 0.25) is 0 Å². The molecule has 0 amide bonds. The number of hydrogen-bond acceptors (Lipinski definition) is 2. The lowest BCUT2D eigenvalue weighted by molar-refractivity contribution is 0.143. The molecule has 0 bridgehead atoms. The molecule has 0 aromatic heterocycles. The molecule has 1 aliphatic carbocycles. The summed E-state index contributed by atoms with van der Waals surface area (Å²) in [6.45, 7) is 4.34. The Kier molecular flexibility index (Phi) is 3.37. The van der Waals surface area contributed by atoms with Crippen LogP contribution in [0.15, 0.2) is 22.7 Å². The fraction of sp³-hybridized carbons (Fsp3) is 0.600. The molecule has 18 heavy (non-hydrogen) atoms. The summed E-state index contributed by atoms with van der Waals surface area (Å²) in [6, 6.07) is 6.76. The normalized spacial score (nSPS) is 24.9. The van der Waals surface area contributed by atoms with E-state index in [2.05, 4.69) is 46.4 Å². The summed E-state index contributed by atoms with van der Waals surface area (Å²) in [5, 5.41) is 3.75. The van der Waals surface area contributed by atoms with Gasteiger partial charge in [-0.1, -0.05) is 29.3 Å². The van der Waals surface area contributed by atoms with Gasteiger partial charge in [0.2, 0.25) is 0 Å². The van der Waals surface area contributed by atoms with Crippen molar-refractivity contribution in [1.82, 2.24) is 5.32 Å². The second kappa shape index (κ2) is 4.86. The van der Waals surface area contributed by atoms with E-state index in [1.807, 2.05) is 0 Å². The Hall–Kier alpha value is -0.540. The van der Waals surface area contributed by atoms with Crippen molar-refractivity contribution in [2.45, 2.75) is 38.6 Å². The van der Waals surface area contributed by atoms with Crippen LogP contribution in [0, 0.1) is 5.41 Å². The molecular weight excluding hydrogens is 290 g/mol. The standard InChI is InChI=1S/C15H20BrNO/c1-15(6-2-7-15)10-17-13-5-8-18-14-4-3-11(16)9-12(13)14/h3-4,9,13,17H,2,5-8,10H2,1H3. The first-order valence-corrected chi connectivity index (χ1v) is 7.61. The molecule has 1 unspecified atom stereocenters. The van der Waals surface area contributed by atoms with Gasteiger partial charge in [0.15, 0.2) is 0 Å². The van der Waals surface area contributed by atoms with Crippen LogP contribution in [-0.4, -0.2) is 13.2 Å². The quantitative estimate of drug-likeness (QED) is 0.909. The van der Waals surface area contributed by atoms with Gasteiger partial charge in [-0.3, -0.25) is 0 Å². The van der Waals surface area contributed by atoms with Gasteiger partial charge in [0.25, 0.3) is 0 Å². The van der Waals surface area contributed by atoms with Crippen molar-refractivity contribution in [2.24, 2.45) is 5.41 Å². The van der Waals surface area contributed by atoms with Crippen molar-refractivity contribution in [3.8, 4) is 5.75 Å². The zero-order valence-corrected chi connectivity index (χ0v) is 12.4. The van der Waals surface area contributed by atoms with Gasteiger partial charge in [-0.25, -0.2) is 0 Å². The fourth-order valence-corrected chi connectivity index (χ4v) is 3.28. The summed E-state index contributed by atoms with van der Waals surface area (Å²) < 4.78 is 6.85. The first-order chi connectivity index (χ1) is 8.66. The van der Waals surface area contributed by atoms with Gasteiger partial charge >= 0.3 is 0 Å². The third-order valence-corrected chi connectivity index (χ3v) is 4.84. The number of rotatable bonds is 3. The maximum atomic E-state index is 5.72. The average molecular weight is 310 g/mol. The highest BCUT2D eigenvalue weighted by atomic mass is 79.9. The molecular formula is C15H20BrNO. The Morgan fingerprint density at radius 3 is 3.00 bits per heavy atom. The average Bonchev–Trinajstić information content (AvgIpc) is 2.34. The Morgan fingerprint density at radius 2 is 2.28 bits per heavy atom. The number of benzene rings is 1. The molecule has 1 aromatic rings. The smallest absolute Gasteiger partial charge is 0.124 e. The molecule has 1 aromatic carbocycles. The lowest BCUT2D eigenvalue weighted by Crippen LogP contribution is -2.40. The Balaban J connectivity index is 1.72. The molecule has 2 nitrogen and oxygen atoms in total. The molecule has 0 radical (unpaired) electrons. The van der Waals surface area contributed by atoms with Crippen LogP contribution < -0.4 is 10.1 Å². The topological polar surface area (TPSA) is 21.3 Å². The van der Waals surface area contributed by atoms with Gasteiger partial charge < -0.3 is 10.1 Å². The number of nitrogens with one attached hydrogen (secondary N) is 1. The van der Waals surface area contributed by atoms with Crippen LogP contribution >= 0.6 is 15.9 Å². The van der Waals surface area contributed by atoms with Crippen LogP contribution in [-0.2, 0) is 0 Å². The third-order valence-electron chi connectivity index (χ3n) is 4.35. The summed E-state index contributed by atoms with van der Waals surface area (Å²) >= 11 is 3.55. The number of fused-ring (bicyclic) bond motifs is 1. The number of hydrogen-bond donors (Lipinski definition) is 1. The Labute approximate surface area is 117 Å². The largest absolute Gasteiger partial charge is 0.493 e. The molecule has 1 saturated carbocycles. The Bertz CT molecular complexity index is 442. The zero-order chi connectivity index (χ0) is 12.6. The van der Waals surface area contributed by atoms with Crippen molar-refractivity contribution in [3.05, 3.63) is 28.2 Å². The van der Waals surface area contributed by atoms with Gasteiger partial charge in [0, 0.05) is 29.0 Å². The Morgan fingerprint density at radius 1 is 1.44 bits per heavy atom. The highest BCUT2D eigenvalue weighted by Gasteiger charge is 2.32. The highest BCUT2D eigenvalue weighted by molar-refractivity contribution is 9.10. The summed E-state index contributed by atoms with van der Waals surface area (Å²) in [6.07, 6.45) is 5.21. The highest BCUT2D eigenvalue weighted by Crippen LogP contribution is 2.41. The van der Waals surface area contributed by atoms with E-state index in [9.17, 15) is 0 Å². The second-order valence-corrected chi connectivity index (χ2v) is 6.83. The minimum Gasteiger partial charge on any atom is -0.493 e. The number of ether oxygens (including phenoxy) is 1. The second-order valence-electron chi connectivity index (χ2n) is 5.92. The molecule has 1 N–H and O–H groups in total. The van der Waals surface area contributed by atoms with E-state index in [4.69, 9.17) is 4.74 Å². The maximum absolute atomic E-state index is 5.72. The molecule has 1 heterocycles. The van der Waals surface area contributed by atoms with Crippen molar-refractivity contribution < 1.29 is 4.74 Å². The van der Waals surface area contributed by atoms with Gasteiger partial charge in [-0.2, -0.15) is 0 Å². The van der Waals surface area contributed by atoms with Crippen molar-refractivity contribution in [3.63, 3.8) is 0 Å².